The maximum absolute atomic E-state index is 13.3. The number of hydrogen-bond acceptors (Lipinski definition) is 1. The Balaban J connectivity index is 0.00000272. The van der Waals surface area contributed by atoms with E-state index in [4.69, 9.17) is 11.6 Å². The lowest BCUT2D eigenvalue weighted by Gasteiger charge is -2.27. The second-order valence-electron chi connectivity index (χ2n) is 7.03. The summed E-state index contributed by atoms with van der Waals surface area (Å²) in [5.74, 6) is -0.0118. The van der Waals surface area contributed by atoms with Crippen LogP contribution in [0.3, 0.4) is 0 Å². The van der Waals surface area contributed by atoms with Gasteiger partial charge < -0.3 is 17.7 Å². The average molecular weight is 466 g/mol. The maximum atomic E-state index is 13.3. The van der Waals surface area contributed by atoms with E-state index >= 15 is 0 Å². The summed E-state index contributed by atoms with van der Waals surface area (Å²) >= 11 is 5.99. The summed E-state index contributed by atoms with van der Waals surface area (Å²) in [6, 6.07) is 38.4. The fourth-order valence-corrected chi connectivity index (χ4v) is 7.84. The molecule has 0 atom stereocenters. The third-order valence-corrected chi connectivity index (χ3v) is 9.65. The van der Waals surface area contributed by atoms with Gasteiger partial charge in [0.05, 0.1) is 0 Å². The van der Waals surface area contributed by atoms with Crippen LogP contribution in [0.5, 0.6) is 0 Å². The number of amides is 1. The van der Waals surface area contributed by atoms with E-state index in [2.05, 4.69) is 41.7 Å². The summed E-state index contributed by atoms with van der Waals surface area (Å²) in [4.78, 5) is 13.3. The molecule has 5 heteroatoms. The molecule has 0 heterocycles. The lowest BCUT2D eigenvalue weighted by Crippen LogP contribution is -3.00. The standard InChI is InChI=1S/C26H21ClNOP.ClH/c27-21-16-18-22(19-17-21)28-26(29)20-30(23-10-4-1-5-11-23,24-12-6-2-7-13-24)25-14-8-3-9-15-25;/h1-19H,20H2;1H. The molecule has 0 aromatic heterocycles. The Labute approximate surface area is 195 Å². The van der Waals surface area contributed by atoms with Gasteiger partial charge in [0.1, 0.15) is 23.2 Å². The lowest BCUT2D eigenvalue weighted by molar-refractivity contribution is -0.113. The molecule has 4 aromatic carbocycles. The van der Waals surface area contributed by atoms with Crippen LogP contribution >= 0.6 is 18.9 Å². The predicted molar refractivity (Wildman–Crippen MR) is 130 cm³/mol. The summed E-state index contributed by atoms with van der Waals surface area (Å²) < 4.78 is 0. The van der Waals surface area contributed by atoms with Gasteiger partial charge >= 0.3 is 0 Å². The van der Waals surface area contributed by atoms with Crippen LogP contribution < -0.4 is 33.6 Å². The van der Waals surface area contributed by atoms with Crippen molar-refractivity contribution < 1.29 is 17.2 Å². The van der Waals surface area contributed by atoms with Crippen LogP contribution in [-0.4, -0.2) is 12.1 Å². The monoisotopic (exact) mass is 465 g/mol. The first-order valence-corrected chi connectivity index (χ1v) is 12.1. The quantitative estimate of drug-likeness (QED) is 0.435. The minimum absolute atomic E-state index is 0. The summed E-state index contributed by atoms with van der Waals surface area (Å²) in [7, 11) is -2.19. The normalized spacial score (nSPS) is 10.7. The second kappa shape index (κ2) is 10.6. The van der Waals surface area contributed by atoms with Gasteiger partial charge in [0.25, 0.3) is 5.91 Å². The van der Waals surface area contributed by atoms with Crippen LogP contribution in [0.15, 0.2) is 115 Å². The average Bonchev–Trinajstić information content (AvgIpc) is 2.81. The molecule has 4 aromatic rings. The Morgan fingerprint density at radius 1 is 0.645 bits per heavy atom. The van der Waals surface area contributed by atoms with Gasteiger partial charge in [0, 0.05) is 10.7 Å². The minimum Gasteiger partial charge on any atom is -1.00 e. The molecule has 0 fully saturated rings. The Bertz CT molecular complexity index is 1010. The predicted octanol–water partition coefficient (Wildman–Crippen LogP) is 2.28. The molecular weight excluding hydrogens is 444 g/mol. The second-order valence-corrected chi connectivity index (χ2v) is 11.0. The number of anilines is 1. The number of carbonyl (C=O) groups excluding carboxylic acids is 1. The number of halogens is 2. The van der Waals surface area contributed by atoms with E-state index in [0.717, 1.165) is 5.69 Å². The highest BCUT2D eigenvalue weighted by molar-refractivity contribution is 7.96. The number of rotatable bonds is 6. The fourth-order valence-electron chi connectivity index (χ4n) is 3.72. The van der Waals surface area contributed by atoms with Crippen molar-refractivity contribution in [1.29, 1.82) is 0 Å². The van der Waals surface area contributed by atoms with Crippen molar-refractivity contribution in [3.8, 4) is 0 Å². The van der Waals surface area contributed by atoms with Crippen molar-refractivity contribution in [2.75, 3.05) is 11.5 Å². The van der Waals surface area contributed by atoms with E-state index in [1.54, 1.807) is 12.1 Å². The van der Waals surface area contributed by atoms with E-state index < -0.39 is 7.26 Å². The molecule has 0 aliphatic carbocycles. The molecule has 0 aliphatic heterocycles. The topological polar surface area (TPSA) is 29.1 Å². The third kappa shape index (κ3) is 5.17. The largest absolute Gasteiger partial charge is 1.00 e. The van der Waals surface area contributed by atoms with E-state index in [9.17, 15) is 4.79 Å². The van der Waals surface area contributed by atoms with Crippen molar-refractivity contribution >= 4 is 46.4 Å². The van der Waals surface area contributed by atoms with Crippen molar-refractivity contribution in [3.63, 3.8) is 0 Å². The third-order valence-electron chi connectivity index (χ3n) is 5.10. The molecule has 0 saturated heterocycles. The van der Waals surface area contributed by atoms with Gasteiger partial charge in [-0.15, -0.1) is 0 Å². The van der Waals surface area contributed by atoms with Crippen molar-refractivity contribution in [2.24, 2.45) is 0 Å². The van der Waals surface area contributed by atoms with Gasteiger partial charge in [0.15, 0.2) is 6.16 Å². The minimum atomic E-state index is -2.19. The van der Waals surface area contributed by atoms with Gasteiger partial charge in [-0.1, -0.05) is 66.2 Å². The SMILES string of the molecule is O=C(C[P+](c1ccccc1)(c1ccccc1)c1ccccc1)Nc1ccc(Cl)cc1.[Cl-]. The van der Waals surface area contributed by atoms with Crippen LogP contribution in [0, 0.1) is 0 Å². The Morgan fingerprint density at radius 2 is 1.03 bits per heavy atom. The number of benzene rings is 4. The molecule has 0 unspecified atom stereocenters. The zero-order valence-electron chi connectivity index (χ0n) is 16.8. The first kappa shape index (κ1) is 23.0. The van der Waals surface area contributed by atoms with Crippen molar-refractivity contribution in [3.05, 3.63) is 120 Å². The molecule has 0 saturated carbocycles. The summed E-state index contributed by atoms with van der Waals surface area (Å²) in [6.07, 6.45) is 0.383. The van der Waals surface area contributed by atoms with Gasteiger partial charge in [-0.2, -0.15) is 0 Å². The highest BCUT2D eigenvalue weighted by atomic mass is 35.5. The number of nitrogens with one attached hydrogen (secondary N) is 1. The molecule has 0 radical (unpaired) electrons. The fraction of sp³-hybridized carbons (Fsp3) is 0.0385. The van der Waals surface area contributed by atoms with Gasteiger partial charge in [-0.25, -0.2) is 0 Å². The summed E-state index contributed by atoms with van der Waals surface area (Å²) in [5, 5.41) is 7.28. The summed E-state index contributed by atoms with van der Waals surface area (Å²) in [6.45, 7) is 0. The molecule has 1 amide bonds. The first-order chi connectivity index (χ1) is 14.7. The van der Waals surface area contributed by atoms with Crippen LogP contribution in [0.1, 0.15) is 0 Å². The lowest BCUT2D eigenvalue weighted by atomic mass is 10.3. The first-order valence-electron chi connectivity index (χ1n) is 9.79. The van der Waals surface area contributed by atoms with Gasteiger partial charge in [-0.05, 0) is 60.7 Å². The number of hydrogen-bond donors (Lipinski definition) is 1. The maximum Gasteiger partial charge on any atom is 0.263 e. The molecule has 0 bridgehead atoms. The van der Waals surface area contributed by atoms with Crippen LogP contribution in [0.2, 0.25) is 5.02 Å². The molecule has 31 heavy (non-hydrogen) atoms. The Kier molecular flexibility index (Phi) is 7.87. The van der Waals surface area contributed by atoms with E-state index in [0.29, 0.717) is 11.2 Å². The highest BCUT2D eigenvalue weighted by Gasteiger charge is 2.47. The van der Waals surface area contributed by atoms with E-state index in [1.807, 2.05) is 66.7 Å². The molecule has 156 valence electrons. The van der Waals surface area contributed by atoms with Crippen LogP contribution in [0.25, 0.3) is 0 Å². The van der Waals surface area contributed by atoms with E-state index in [-0.39, 0.29) is 18.3 Å². The van der Waals surface area contributed by atoms with Crippen LogP contribution in [-0.2, 0) is 4.79 Å². The van der Waals surface area contributed by atoms with Gasteiger partial charge in [0.2, 0.25) is 0 Å². The highest BCUT2D eigenvalue weighted by Crippen LogP contribution is 2.55. The molecule has 0 aliphatic rings. The van der Waals surface area contributed by atoms with Crippen molar-refractivity contribution in [2.45, 2.75) is 0 Å². The molecule has 1 N–H and O–H groups in total. The zero-order chi connectivity index (χ0) is 20.8. The smallest absolute Gasteiger partial charge is 0.263 e. The molecule has 0 spiro atoms. The molecular formula is C26H22Cl2NOP. The van der Waals surface area contributed by atoms with Crippen LogP contribution in [0.4, 0.5) is 5.69 Å². The molecule has 4 rings (SSSR count). The zero-order valence-corrected chi connectivity index (χ0v) is 19.2. The Morgan fingerprint density at radius 3 is 1.42 bits per heavy atom. The van der Waals surface area contributed by atoms with Crippen molar-refractivity contribution in [1.82, 2.24) is 0 Å². The van der Waals surface area contributed by atoms with Gasteiger partial charge in [-0.3, -0.25) is 4.79 Å². The Hall–Kier alpha value is -2.64. The number of carbonyl (C=O) groups is 1. The summed E-state index contributed by atoms with van der Waals surface area (Å²) in [5.41, 5.74) is 0.747. The van der Waals surface area contributed by atoms with E-state index in [1.165, 1.54) is 15.9 Å². The molecule has 2 nitrogen and oxygen atoms in total.